The van der Waals surface area contributed by atoms with Crippen molar-refractivity contribution in [1.29, 1.82) is 0 Å². The molecule has 0 saturated heterocycles. The number of anilines is 1. The van der Waals surface area contributed by atoms with Crippen LogP contribution in [0.2, 0.25) is 0 Å². The number of methoxy groups -OCH3 is 1. The standard InChI is InChI=1S/C11H12N2O5S/c1-18-9-2-3-10(11(6-9)13(14)15)12-8-4-5-19(16,17)7-8/h2-6,8,12H,7H2,1H3. The molecule has 1 atom stereocenters. The minimum atomic E-state index is -3.20. The Morgan fingerprint density at radius 1 is 1.47 bits per heavy atom. The summed E-state index contributed by atoms with van der Waals surface area (Å²) < 4.78 is 27.5. The number of rotatable bonds is 4. The summed E-state index contributed by atoms with van der Waals surface area (Å²) in [7, 11) is -1.78. The first-order valence-corrected chi connectivity index (χ1v) is 7.13. The van der Waals surface area contributed by atoms with Gasteiger partial charge in [0.1, 0.15) is 11.4 Å². The van der Waals surface area contributed by atoms with Crippen LogP contribution in [0.1, 0.15) is 0 Å². The van der Waals surface area contributed by atoms with Crippen molar-refractivity contribution in [3.63, 3.8) is 0 Å². The molecule has 19 heavy (non-hydrogen) atoms. The van der Waals surface area contributed by atoms with Crippen LogP contribution in [-0.2, 0) is 9.84 Å². The fourth-order valence-corrected chi connectivity index (χ4v) is 3.01. The molecule has 0 aliphatic carbocycles. The Labute approximate surface area is 110 Å². The molecule has 0 fully saturated rings. The van der Waals surface area contributed by atoms with E-state index in [0.29, 0.717) is 5.75 Å². The molecule has 1 aliphatic rings. The predicted octanol–water partition coefficient (Wildman–Crippen LogP) is 1.33. The van der Waals surface area contributed by atoms with Crippen molar-refractivity contribution in [1.82, 2.24) is 0 Å². The highest BCUT2D eigenvalue weighted by molar-refractivity contribution is 7.94. The minimum absolute atomic E-state index is 0.101. The lowest BCUT2D eigenvalue weighted by molar-refractivity contribution is -0.384. The van der Waals surface area contributed by atoms with Gasteiger partial charge in [-0.3, -0.25) is 10.1 Å². The van der Waals surface area contributed by atoms with Crippen molar-refractivity contribution in [2.24, 2.45) is 0 Å². The van der Waals surface area contributed by atoms with Crippen LogP contribution in [0.4, 0.5) is 11.4 Å². The molecule has 8 heteroatoms. The second-order valence-corrected chi connectivity index (χ2v) is 5.98. The topological polar surface area (TPSA) is 98.5 Å². The van der Waals surface area contributed by atoms with Gasteiger partial charge in [0.2, 0.25) is 0 Å². The molecule has 1 aliphatic heterocycles. The molecule has 0 spiro atoms. The number of hydrogen-bond acceptors (Lipinski definition) is 6. The number of nitrogens with one attached hydrogen (secondary N) is 1. The predicted molar refractivity (Wildman–Crippen MR) is 70.0 cm³/mol. The summed E-state index contributed by atoms with van der Waals surface area (Å²) in [5, 5.41) is 14.9. The number of ether oxygens (including phenoxy) is 1. The number of nitro groups is 1. The zero-order valence-corrected chi connectivity index (χ0v) is 10.9. The summed E-state index contributed by atoms with van der Waals surface area (Å²) in [6.45, 7) is 0. The molecule has 0 saturated carbocycles. The lowest BCUT2D eigenvalue weighted by Crippen LogP contribution is -2.21. The van der Waals surface area contributed by atoms with E-state index in [4.69, 9.17) is 4.74 Å². The lowest BCUT2D eigenvalue weighted by Gasteiger charge is -2.12. The Kier molecular flexibility index (Phi) is 3.43. The van der Waals surface area contributed by atoms with Crippen LogP contribution in [0, 0.1) is 10.1 Å². The Morgan fingerprint density at radius 2 is 2.21 bits per heavy atom. The maximum atomic E-state index is 11.3. The van der Waals surface area contributed by atoms with Gasteiger partial charge in [-0.05, 0) is 12.1 Å². The van der Waals surface area contributed by atoms with Gasteiger partial charge in [0, 0.05) is 5.41 Å². The van der Waals surface area contributed by atoms with Gasteiger partial charge in [0.15, 0.2) is 9.84 Å². The van der Waals surface area contributed by atoms with E-state index in [2.05, 4.69) is 5.32 Å². The molecule has 1 N–H and O–H groups in total. The monoisotopic (exact) mass is 284 g/mol. The molecule has 1 aromatic rings. The lowest BCUT2D eigenvalue weighted by atomic mass is 10.2. The van der Waals surface area contributed by atoms with E-state index < -0.39 is 20.8 Å². The van der Waals surface area contributed by atoms with Gasteiger partial charge in [-0.25, -0.2) is 8.42 Å². The molecule has 1 aromatic carbocycles. The van der Waals surface area contributed by atoms with Crippen molar-refractivity contribution in [2.45, 2.75) is 6.04 Å². The smallest absolute Gasteiger partial charge is 0.296 e. The van der Waals surface area contributed by atoms with Crippen LogP contribution in [0.15, 0.2) is 29.7 Å². The molecular formula is C11H12N2O5S. The SMILES string of the molecule is COc1ccc(NC2C=CS(=O)(=O)C2)c([N+](=O)[O-])c1. The van der Waals surface area contributed by atoms with Crippen LogP contribution in [0.25, 0.3) is 0 Å². The first-order valence-electron chi connectivity index (χ1n) is 5.41. The van der Waals surface area contributed by atoms with Gasteiger partial charge in [-0.15, -0.1) is 0 Å². The molecule has 2 rings (SSSR count). The number of benzene rings is 1. The van der Waals surface area contributed by atoms with E-state index in [0.717, 1.165) is 5.41 Å². The van der Waals surface area contributed by atoms with Crippen molar-refractivity contribution in [3.8, 4) is 5.75 Å². The van der Waals surface area contributed by atoms with Gasteiger partial charge in [0.05, 0.1) is 29.9 Å². The average Bonchev–Trinajstić information content (AvgIpc) is 2.69. The Bertz CT molecular complexity index is 638. The third kappa shape index (κ3) is 3.02. The van der Waals surface area contributed by atoms with Gasteiger partial charge in [-0.2, -0.15) is 0 Å². The second-order valence-electron chi connectivity index (χ2n) is 4.05. The van der Waals surface area contributed by atoms with Crippen molar-refractivity contribution >= 4 is 21.2 Å². The van der Waals surface area contributed by atoms with E-state index in [1.807, 2.05) is 0 Å². The van der Waals surface area contributed by atoms with Crippen LogP contribution in [0.5, 0.6) is 5.75 Å². The molecule has 7 nitrogen and oxygen atoms in total. The number of nitro benzene ring substituents is 1. The molecule has 0 amide bonds. The molecule has 1 heterocycles. The maximum absolute atomic E-state index is 11.3. The van der Waals surface area contributed by atoms with E-state index in [9.17, 15) is 18.5 Å². The number of hydrogen-bond donors (Lipinski definition) is 1. The molecule has 0 bridgehead atoms. The third-order valence-electron chi connectivity index (χ3n) is 2.67. The third-order valence-corrected chi connectivity index (χ3v) is 4.07. The first kappa shape index (κ1) is 13.3. The summed E-state index contributed by atoms with van der Waals surface area (Å²) >= 11 is 0. The fraction of sp³-hybridized carbons (Fsp3) is 0.273. The van der Waals surface area contributed by atoms with Crippen molar-refractivity contribution in [2.75, 3.05) is 18.2 Å². The Morgan fingerprint density at radius 3 is 2.74 bits per heavy atom. The summed E-state index contributed by atoms with van der Waals surface area (Å²) in [5.74, 6) is 0.266. The van der Waals surface area contributed by atoms with Crippen molar-refractivity contribution in [3.05, 3.63) is 39.8 Å². The first-order chi connectivity index (χ1) is 8.91. The normalized spacial score (nSPS) is 20.2. The van der Waals surface area contributed by atoms with Gasteiger partial charge >= 0.3 is 0 Å². The summed E-state index contributed by atoms with van der Waals surface area (Å²) in [5.41, 5.74) is 0.106. The fourth-order valence-electron chi connectivity index (χ4n) is 1.78. The quantitative estimate of drug-likeness (QED) is 0.661. The Hall–Kier alpha value is -2.09. The van der Waals surface area contributed by atoms with Gasteiger partial charge in [-0.1, -0.05) is 6.08 Å². The van der Waals surface area contributed by atoms with E-state index in [-0.39, 0.29) is 17.1 Å². The zero-order chi connectivity index (χ0) is 14.0. The van der Waals surface area contributed by atoms with E-state index in [1.54, 1.807) is 6.07 Å². The largest absolute Gasteiger partial charge is 0.496 e. The molecule has 0 aromatic heterocycles. The molecule has 102 valence electrons. The average molecular weight is 284 g/mol. The molecule has 0 radical (unpaired) electrons. The van der Waals surface area contributed by atoms with Crippen LogP contribution in [0.3, 0.4) is 0 Å². The molecular weight excluding hydrogens is 272 g/mol. The van der Waals surface area contributed by atoms with E-state index >= 15 is 0 Å². The molecule has 1 unspecified atom stereocenters. The van der Waals surface area contributed by atoms with E-state index in [1.165, 1.54) is 25.3 Å². The summed E-state index contributed by atoms with van der Waals surface area (Å²) in [6, 6.07) is 3.89. The number of sulfone groups is 1. The van der Waals surface area contributed by atoms with Crippen LogP contribution < -0.4 is 10.1 Å². The van der Waals surface area contributed by atoms with Gasteiger partial charge < -0.3 is 10.1 Å². The van der Waals surface area contributed by atoms with Crippen LogP contribution in [-0.4, -0.2) is 32.2 Å². The van der Waals surface area contributed by atoms with Gasteiger partial charge in [0.25, 0.3) is 5.69 Å². The highest BCUT2D eigenvalue weighted by Gasteiger charge is 2.24. The number of nitrogens with zero attached hydrogens (tertiary/aromatic N) is 1. The zero-order valence-electron chi connectivity index (χ0n) is 10.1. The van der Waals surface area contributed by atoms with Crippen LogP contribution >= 0.6 is 0 Å². The maximum Gasteiger partial charge on any atom is 0.296 e. The summed E-state index contributed by atoms with van der Waals surface area (Å²) in [4.78, 5) is 10.4. The minimum Gasteiger partial charge on any atom is -0.496 e. The van der Waals surface area contributed by atoms with Crippen molar-refractivity contribution < 1.29 is 18.1 Å². The Balaban J connectivity index is 2.26. The summed E-state index contributed by atoms with van der Waals surface area (Å²) in [6.07, 6.45) is 1.48. The highest BCUT2D eigenvalue weighted by Crippen LogP contribution is 2.30. The highest BCUT2D eigenvalue weighted by atomic mass is 32.2. The second kappa shape index (κ2) is 4.88.